The summed E-state index contributed by atoms with van der Waals surface area (Å²) >= 11 is 0. The zero-order valence-electron chi connectivity index (χ0n) is 17.3. The lowest BCUT2D eigenvalue weighted by molar-refractivity contribution is -0.141. The Hall–Kier alpha value is -3.08. The summed E-state index contributed by atoms with van der Waals surface area (Å²) in [7, 11) is 0. The topological polar surface area (TPSA) is 111 Å². The number of piperidine rings is 1. The van der Waals surface area contributed by atoms with E-state index in [2.05, 4.69) is 21.4 Å². The van der Waals surface area contributed by atoms with E-state index in [-0.39, 0.29) is 24.6 Å². The molecule has 0 aromatic carbocycles. The van der Waals surface area contributed by atoms with Gasteiger partial charge in [-0.05, 0) is 46.6 Å². The number of nitrogens with one attached hydrogen (secondary N) is 2. The summed E-state index contributed by atoms with van der Waals surface area (Å²) in [6.07, 6.45) is 4.92. The largest absolute Gasteiger partial charge is 0.462 e. The molecule has 154 valence electrons. The summed E-state index contributed by atoms with van der Waals surface area (Å²) in [4.78, 5) is 34.5. The lowest BCUT2D eigenvalue weighted by Gasteiger charge is -2.41. The fraction of sp³-hybridized carbons (Fsp3) is 0.524. The quantitative estimate of drug-likeness (QED) is 0.750. The van der Waals surface area contributed by atoms with Gasteiger partial charge in [-0.3, -0.25) is 4.79 Å². The summed E-state index contributed by atoms with van der Waals surface area (Å²) in [6.45, 7) is 7.78. The third-order valence-corrected chi connectivity index (χ3v) is 5.39. The maximum absolute atomic E-state index is 12.9. The molecule has 1 amide bonds. The standard InChI is InChI=1S/C21H27N5O3/c1-5-29-19(27)16-10-24-18-15(8-9-23-18)17(16)25-14-7-6-13(2)26(11-14)20(28)21(3,4)12-22/h8-10,13-14H,5-7,11H2,1-4H3,(H2,23,24,25)/t13-,14+/m0/s1. The minimum absolute atomic E-state index is 0.0571. The molecule has 1 fully saturated rings. The number of esters is 1. The number of hydrogen-bond acceptors (Lipinski definition) is 6. The Bertz CT molecular complexity index is 959. The highest BCUT2D eigenvalue weighted by Crippen LogP contribution is 2.30. The summed E-state index contributed by atoms with van der Waals surface area (Å²) in [5, 5.41) is 13.6. The van der Waals surface area contributed by atoms with Crippen LogP contribution in [0.1, 0.15) is 50.9 Å². The maximum Gasteiger partial charge on any atom is 0.341 e. The molecule has 0 saturated carbocycles. The summed E-state index contributed by atoms with van der Waals surface area (Å²) in [6, 6.07) is 3.96. The molecule has 0 aliphatic carbocycles. The molecule has 8 heteroatoms. The summed E-state index contributed by atoms with van der Waals surface area (Å²) in [5.41, 5.74) is 0.619. The van der Waals surface area contributed by atoms with Crippen molar-refractivity contribution in [2.75, 3.05) is 18.5 Å². The summed E-state index contributed by atoms with van der Waals surface area (Å²) in [5.74, 6) is -0.612. The highest BCUT2D eigenvalue weighted by molar-refractivity contribution is 6.04. The molecule has 1 saturated heterocycles. The number of aromatic amines is 1. The lowest BCUT2D eigenvalue weighted by Crippen LogP contribution is -2.53. The Morgan fingerprint density at radius 2 is 2.21 bits per heavy atom. The van der Waals surface area contributed by atoms with Crippen LogP contribution in [0.3, 0.4) is 0 Å². The number of carbonyl (C=O) groups is 2. The minimum atomic E-state index is -1.07. The third-order valence-electron chi connectivity index (χ3n) is 5.39. The molecule has 3 rings (SSSR count). The van der Waals surface area contributed by atoms with Crippen LogP contribution in [-0.4, -0.2) is 52.0 Å². The molecule has 2 atom stereocenters. The van der Waals surface area contributed by atoms with E-state index in [0.29, 0.717) is 23.4 Å². The predicted molar refractivity (Wildman–Crippen MR) is 109 cm³/mol. The predicted octanol–water partition coefficient (Wildman–Crippen LogP) is 3.08. The van der Waals surface area contributed by atoms with Gasteiger partial charge in [-0.1, -0.05) is 0 Å². The molecule has 2 aromatic rings. The molecule has 2 N–H and O–H groups in total. The first kappa shape index (κ1) is 20.6. The molecule has 2 aromatic heterocycles. The van der Waals surface area contributed by atoms with Crippen molar-refractivity contribution in [3.8, 4) is 6.07 Å². The van der Waals surface area contributed by atoms with Crippen molar-refractivity contribution in [2.45, 2.75) is 52.6 Å². The Morgan fingerprint density at radius 1 is 1.45 bits per heavy atom. The Kier molecular flexibility index (Phi) is 5.78. The number of nitriles is 1. The van der Waals surface area contributed by atoms with E-state index in [1.165, 1.54) is 6.20 Å². The molecule has 0 bridgehead atoms. The summed E-state index contributed by atoms with van der Waals surface area (Å²) < 4.78 is 5.19. The van der Waals surface area contributed by atoms with Crippen molar-refractivity contribution in [2.24, 2.45) is 5.41 Å². The second-order valence-corrected chi connectivity index (χ2v) is 7.97. The number of hydrogen-bond donors (Lipinski definition) is 2. The van der Waals surface area contributed by atoms with Gasteiger partial charge in [0.25, 0.3) is 0 Å². The van der Waals surface area contributed by atoms with Gasteiger partial charge in [0.15, 0.2) is 0 Å². The number of anilines is 1. The van der Waals surface area contributed by atoms with Gasteiger partial charge in [0.1, 0.15) is 16.6 Å². The molecule has 0 unspecified atom stereocenters. The molecular formula is C21H27N5O3. The van der Waals surface area contributed by atoms with Crippen molar-refractivity contribution in [1.29, 1.82) is 5.26 Å². The van der Waals surface area contributed by atoms with Gasteiger partial charge in [-0.2, -0.15) is 5.26 Å². The van der Waals surface area contributed by atoms with E-state index in [0.717, 1.165) is 18.2 Å². The van der Waals surface area contributed by atoms with E-state index in [9.17, 15) is 14.9 Å². The molecular weight excluding hydrogens is 370 g/mol. The molecule has 0 radical (unpaired) electrons. The van der Waals surface area contributed by atoms with Crippen molar-refractivity contribution < 1.29 is 14.3 Å². The number of carbonyl (C=O) groups excluding carboxylic acids is 2. The molecule has 3 heterocycles. The van der Waals surface area contributed by atoms with E-state index >= 15 is 0 Å². The number of rotatable bonds is 5. The Balaban J connectivity index is 1.89. The zero-order chi connectivity index (χ0) is 21.2. The average molecular weight is 397 g/mol. The van der Waals surface area contributed by atoms with Crippen LogP contribution in [0, 0.1) is 16.7 Å². The number of H-pyrrole nitrogens is 1. The van der Waals surface area contributed by atoms with Gasteiger partial charge in [0.05, 0.1) is 18.4 Å². The van der Waals surface area contributed by atoms with E-state index in [1.54, 1.807) is 31.9 Å². The van der Waals surface area contributed by atoms with Gasteiger partial charge < -0.3 is 19.9 Å². The molecule has 0 spiro atoms. The average Bonchev–Trinajstić information content (AvgIpc) is 3.18. The van der Waals surface area contributed by atoms with Crippen LogP contribution in [0.15, 0.2) is 18.5 Å². The molecule has 8 nitrogen and oxygen atoms in total. The molecule has 1 aliphatic heterocycles. The van der Waals surface area contributed by atoms with Crippen LogP contribution in [0.5, 0.6) is 0 Å². The van der Waals surface area contributed by atoms with E-state index < -0.39 is 11.4 Å². The first-order chi connectivity index (χ1) is 13.8. The van der Waals surface area contributed by atoms with Gasteiger partial charge in [0, 0.05) is 36.4 Å². The third kappa shape index (κ3) is 4.04. The second kappa shape index (κ2) is 8.11. The van der Waals surface area contributed by atoms with Crippen LogP contribution in [-0.2, 0) is 9.53 Å². The number of fused-ring (bicyclic) bond motifs is 1. The van der Waals surface area contributed by atoms with Gasteiger partial charge >= 0.3 is 5.97 Å². The fourth-order valence-corrected chi connectivity index (χ4v) is 3.65. The SMILES string of the molecule is CCOC(=O)c1cnc2[nH]ccc2c1N[C@@H]1CC[C@H](C)N(C(=O)C(C)(C)C#N)C1. The normalized spacial score (nSPS) is 19.6. The van der Waals surface area contributed by atoms with Crippen LogP contribution < -0.4 is 5.32 Å². The first-order valence-corrected chi connectivity index (χ1v) is 9.90. The van der Waals surface area contributed by atoms with Gasteiger partial charge in [-0.15, -0.1) is 0 Å². The van der Waals surface area contributed by atoms with Gasteiger partial charge in [-0.25, -0.2) is 9.78 Å². The Morgan fingerprint density at radius 3 is 2.90 bits per heavy atom. The number of ether oxygens (including phenoxy) is 1. The molecule has 1 aliphatic rings. The van der Waals surface area contributed by atoms with Gasteiger partial charge in [0.2, 0.25) is 5.91 Å². The van der Waals surface area contributed by atoms with E-state index in [4.69, 9.17) is 4.74 Å². The highest BCUT2D eigenvalue weighted by atomic mass is 16.5. The second-order valence-electron chi connectivity index (χ2n) is 7.97. The van der Waals surface area contributed by atoms with Crippen molar-refractivity contribution >= 4 is 28.6 Å². The number of nitrogens with zero attached hydrogens (tertiary/aromatic N) is 3. The van der Waals surface area contributed by atoms with Crippen LogP contribution in [0.25, 0.3) is 11.0 Å². The smallest absolute Gasteiger partial charge is 0.341 e. The number of pyridine rings is 1. The fourth-order valence-electron chi connectivity index (χ4n) is 3.65. The van der Waals surface area contributed by atoms with Crippen molar-refractivity contribution in [3.05, 3.63) is 24.0 Å². The minimum Gasteiger partial charge on any atom is -0.462 e. The van der Waals surface area contributed by atoms with Crippen LogP contribution in [0.2, 0.25) is 0 Å². The first-order valence-electron chi connectivity index (χ1n) is 9.90. The lowest BCUT2D eigenvalue weighted by atomic mass is 9.90. The van der Waals surface area contributed by atoms with E-state index in [1.807, 2.05) is 13.0 Å². The number of likely N-dealkylation sites (tertiary alicyclic amines) is 1. The highest BCUT2D eigenvalue weighted by Gasteiger charge is 2.38. The molecule has 29 heavy (non-hydrogen) atoms. The number of amides is 1. The van der Waals surface area contributed by atoms with Crippen molar-refractivity contribution in [1.82, 2.24) is 14.9 Å². The van der Waals surface area contributed by atoms with Crippen LogP contribution in [0.4, 0.5) is 5.69 Å². The zero-order valence-corrected chi connectivity index (χ0v) is 17.3. The monoisotopic (exact) mass is 397 g/mol. The van der Waals surface area contributed by atoms with Crippen LogP contribution >= 0.6 is 0 Å². The Labute approximate surface area is 170 Å². The number of aromatic nitrogens is 2. The maximum atomic E-state index is 12.9. The van der Waals surface area contributed by atoms with Crippen molar-refractivity contribution in [3.63, 3.8) is 0 Å².